The van der Waals surface area contributed by atoms with E-state index in [9.17, 15) is 0 Å². The molecule has 3 heteroatoms. The first-order valence-corrected chi connectivity index (χ1v) is 6.17. The molecule has 0 radical (unpaired) electrons. The van der Waals surface area contributed by atoms with Crippen molar-refractivity contribution in [2.24, 2.45) is 0 Å². The van der Waals surface area contributed by atoms with Crippen molar-refractivity contribution in [2.45, 2.75) is 25.8 Å². The van der Waals surface area contributed by atoms with Gasteiger partial charge < -0.3 is 10.1 Å². The van der Waals surface area contributed by atoms with Crippen molar-refractivity contribution in [1.82, 2.24) is 5.32 Å². The van der Waals surface area contributed by atoms with Gasteiger partial charge >= 0.3 is 0 Å². The molecule has 2 nitrogen and oxygen atoms in total. The van der Waals surface area contributed by atoms with E-state index in [1.54, 1.807) is 0 Å². The number of benzene rings is 1. The number of hydrogen-bond acceptors (Lipinski definition) is 2. The molecule has 1 aliphatic rings. The van der Waals surface area contributed by atoms with E-state index in [1.165, 1.54) is 18.4 Å². The molecule has 1 atom stereocenters. The van der Waals surface area contributed by atoms with Crippen LogP contribution < -0.4 is 10.1 Å². The van der Waals surface area contributed by atoms with Crippen molar-refractivity contribution < 1.29 is 4.74 Å². The smallest absolute Gasteiger partial charge is 0.123 e. The van der Waals surface area contributed by atoms with E-state index in [-0.39, 0.29) is 0 Å². The van der Waals surface area contributed by atoms with Crippen molar-refractivity contribution in [3.8, 4) is 5.75 Å². The second kappa shape index (κ2) is 4.99. The molecule has 0 aliphatic carbocycles. The summed E-state index contributed by atoms with van der Waals surface area (Å²) in [6.07, 6.45) is 2.50. The van der Waals surface area contributed by atoms with Crippen LogP contribution in [0.4, 0.5) is 0 Å². The number of rotatable bonds is 3. The average Bonchev–Trinajstić information content (AvgIpc) is 2.72. The highest BCUT2D eigenvalue weighted by molar-refractivity contribution is 9.10. The third kappa shape index (κ3) is 2.95. The number of ether oxygens (including phenoxy) is 1. The lowest BCUT2D eigenvalue weighted by atomic mass is 10.2. The minimum absolute atomic E-state index is 0.531. The first kappa shape index (κ1) is 11.0. The zero-order valence-electron chi connectivity index (χ0n) is 8.92. The summed E-state index contributed by atoms with van der Waals surface area (Å²) in [6, 6.07) is 6.67. The minimum atomic E-state index is 0.531. The second-order valence-electron chi connectivity index (χ2n) is 4.01. The molecule has 1 heterocycles. The van der Waals surface area contributed by atoms with E-state index in [2.05, 4.69) is 34.2 Å². The molecule has 1 aliphatic heterocycles. The quantitative estimate of drug-likeness (QED) is 0.911. The van der Waals surface area contributed by atoms with Crippen LogP contribution in [0.2, 0.25) is 0 Å². The number of halogens is 1. The largest absolute Gasteiger partial charge is 0.492 e. The zero-order valence-corrected chi connectivity index (χ0v) is 10.5. The maximum atomic E-state index is 5.81. The van der Waals surface area contributed by atoms with E-state index in [1.807, 2.05) is 12.1 Å². The van der Waals surface area contributed by atoms with E-state index in [0.29, 0.717) is 6.04 Å². The molecule has 0 spiro atoms. The van der Waals surface area contributed by atoms with Gasteiger partial charge in [-0.15, -0.1) is 0 Å². The summed E-state index contributed by atoms with van der Waals surface area (Å²) < 4.78 is 6.88. The Hall–Kier alpha value is -0.540. The molecule has 0 aromatic heterocycles. The molecular formula is C12H16BrNO. The maximum absolute atomic E-state index is 5.81. The van der Waals surface area contributed by atoms with Crippen LogP contribution in [0.1, 0.15) is 18.4 Å². The highest BCUT2D eigenvalue weighted by atomic mass is 79.9. The van der Waals surface area contributed by atoms with Crippen molar-refractivity contribution in [2.75, 3.05) is 13.2 Å². The van der Waals surface area contributed by atoms with Crippen molar-refractivity contribution in [1.29, 1.82) is 0 Å². The monoisotopic (exact) mass is 269 g/mol. The third-order valence-electron chi connectivity index (χ3n) is 2.75. The molecule has 0 bridgehead atoms. The Balaban J connectivity index is 1.94. The van der Waals surface area contributed by atoms with Crippen LogP contribution in [0.5, 0.6) is 5.75 Å². The van der Waals surface area contributed by atoms with Gasteiger partial charge in [-0.1, -0.05) is 22.0 Å². The fraction of sp³-hybridized carbons (Fsp3) is 0.500. The summed E-state index contributed by atoms with van der Waals surface area (Å²) in [5, 5.41) is 3.42. The summed E-state index contributed by atoms with van der Waals surface area (Å²) in [5.41, 5.74) is 1.19. The lowest BCUT2D eigenvalue weighted by Crippen LogP contribution is -2.28. The Labute approximate surface area is 99.1 Å². The molecule has 1 aromatic carbocycles. The summed E-state index contributed by atoms with van der Waals surface area (Å²) in [6.45, 7) is 3.98. The van der Waals surface area contributed by atoms with Crippen LogP contribution in [-0.4, -0.2) is 19.2 Å². The van der Waals surface area contributed by atoms with E-state index in [4.69, 9.17) is 4.74 Å². The normalized spacial score (nSPS) is 20.5. The molecule has 0 saturated carbocycles. The highest BCUT2D eigenvalue weighted by Crippen LogP contribution is 2.23. The molecule has 1 fully saturated rings. The molecule has 1 aromatic rings. The Morgan fingerprint density at radius 1 is 1.53 bits per heavy atom. The minimum Gasteiger partial charge on any atom is -0.492 e. The zero-order chi connectivity index (χ0) is 10.7. The number of hydrogen-bond donors (Lipinski definition) is 1. The predicted molar refractivity (Wildman–Crippen MR) is 65.4 cm³/mol. The van der Waals surface area contributed by atoms with Crippen molar-refractivity contribution in [3.05, 3.63) is 28.2 Å². The molecular weight excluding hydrogens is 254 g/mol. The first-order chi connectivity index (χ1) is 7.25. The van der Waals surface area contributed by atoms with Crippen LogP contribution in [0, 0.1) is 6.92 Å². The van der Waals surface area contributed by atoms with Gasteiger partial charge in [-0.3, -0.25) is 0 Å². The summed E-state index contributed by atoms with van der Waals surface area (Å²) in [4.78, 5) is 0. The van der Waals surface area contributed by atoms with E-state index < -0.39 is 0 Å². The molecule has 1 saturated heterocycles. The average molecular weight is 270 g/mol. The fourth-order valence-electron chi connectivity index (χ4n) is 1.82. The number of aryl methyl sites for hydroxylation is 1. The Bertz CT molecular complexity index is 334. The van der Waals surface area contributed by atoms with E-state index in [0.717, 1.165) is 23.4 Å². The van der Waals surface area contributed by atoms with Gasteiger partial charge in [0.25, 0.3) is 0 Å². The third-order valence-corrected chi connectivity index (χ3v) is 3.25. The van der Waals surface area contributed by atoms with Crippen LogP contribution >= 0.6 is 15.9 Å². The summed E-state index contributed by atoms with van der Waals surface area (Å²) >= 11 is 3.45. The Morgan fingerprint density at radius 2 is 2.40 bits per heavy atom. The summed E-state index contributed by atoms with van der Waals surface area (Å²) in [7, 11) is 0. The van der Waals surface area contributed by atoms with Gasteiger partial charge in [0.2, 0.25) is 0 Å². The Morgan fingerprint density at radius 3 is 3.13 bits per heavy atom. The fourth-order valence-corrected chi connectivity index (χ4v) is 2.16. The molecule has 1 N–H and O–H groups in total. The SMILES string of the molecule is Cc1ccc(Br)cc1OC[C@H]1CCCN1. The molecule has 15 heavy (non-hydrogen) atoms. The van der Waals surface area contributed by atoms with Gasteiger partial charge in [-0.2, -0.15) is 0 Å². The van der Waals surface area contributed by atoms with Gasteiger partial charge in [0.1, 0.15) is 12.4 Å². The molecule has 0 amide bonds. The van der Waals surface area contributed by atoms with Gasteiger partial charge in [0, 0.05) is 10.5 Å². The van der Waals surface area contributed by atoms with Gasteiger partial charge in [-0.05, 0) is 44.0 Å². The maximum Gasteiger partial charge on any atom is 0.123 e. The molecule has 2 rings (SSSR count). The van der Waals surface area contributed by atoms with Gasteiger partial charge in [0.15, 0.2) is 0 Å². The Kier molecular flexibility index (Phi) is 3.65. The van der Waals surface area contributed by atoms with Gasteiger partial charge in [-0.25, -0.2) is 0 Å². The molecule has 82 valence electrons. The predicted octanol–water partition coefficient (Wildman–Crippen LogP) is 2.89. The lowest BCUT2D eigenvalue weighted by Gasteiger charge is -2.13. The lowest BCUT2D eigenvalue weighted by molar-refractivity contribution is 0.275. The van der Waals surface area contributed by atoms with Crippen molar-refractivity contribution >= 4 is 15.9 Å². The van der Waals surface area contributed by atoms with Crippen molar-refractivity contribution in [3.63, 3.8) is 0 Å². The topological polar surface area (TPSA) is 21.3 Å². The van der Waals surface area contributed by atoms with Crippen LogP contribution in [0.3, 0.4) is 0 Å². The first-order valence-electron chi connectivity index (χ1n) is 5.38. The van der Waals surface area contributed by atoms with Crippen LogP contribution in [0.25, 0.3) is 0 Å². The molecule has 0 unspecified atom stereocenters. The van der Waals surface area contributed by atoms with Crippen LogP contribution in [-0.2, 0) is 0 Å². The highest BCUT2D eigenvalue weighted by Gasteiger charge is 2.14. The standard InChI is InChI=1S/C12H16BrNO/c1-9-4-5-10(13)7-12(9)15-8-11-3-2-6-14-11/h4-5,7,11,14H,2-3,6,8H2,1H3/t11-/m1/s1. The second-order valence-corrected chi connectivity index (χ2v) is 4.93. The van der Waals surface area contributed by atoms with E-state index >= 15 is 0 Å². The van der Waals surface area contributed by atoms with Crippen LogP contribution in [0.15, 0.2) is 22.7 Å². The summed E-state index contributed by atoms with van der Waals surface area (Å²) in [5.74, 6) is 0.984. The number of nitrogens with one attached hydrogen (secondary N) is 1. The van der Waals surface area contributed by atoms with Gasteiger partial charge in [0.05, 0.1) is 0 Å².